The minimum absolute atomic E-state index is 0.315. The Morgan fingerprint density at radius 2 is 2.10 bits per heavy atom. The van der Waals surface area contributed by atoms with Crippen LogP contribution in [0.15, 0.2) is 30.6 Å². The lowest BCUT2D eigenvalue weighted by atomic mass is 9.84. The van der Waals surface area contributed by atoms with Crippen molar-refractivity contribution in [3.63, 3.8) is 0 Å². The molecule has 0 bridgehead atoms. The van der Waals surface area contributed by atoms with Crippen molar-refractivity contribution >= 4 is 16.5 Å². The summed E-state index contributed by atoms with van der Waals surface area (Å²) in [5.41, 5.74) is 7.01. The summed E-state index contributed by atoms with van der Waals surface area (Å²) in [5.74, 6) is 1.49. The third kappa shape index (κ3) is 2.45. The van der Waals surface area contributed by atoms with E-state index in [2.05, 4.69) is 11.9 Å². The first-order chi connectivity index (χ1) is 9.79. The second-order valence-corrected chi connectivity index (χ2v) is 5.68. The fraction of sp³-hybridized carbons (Fsp3) is 0.471. The average Bonchev–Trinajstić information content (AvgIpc) is 2.51. The first kappa shape index (κ1) is 13.2. The molecule has 3 nitrogen and oxygen atoms in total. The molecule has 1 saturated carbocycles. The summed E-state index contributed by atoms with van der Waals surface area (Å²) in [5, 5.41) is 2.09. The van der Waals surface area contributed by atoms with Crippen LogP contribution >= 0.6 is 0 Å². The molecule has 1 aromatic heterocycles. The Hall–Kier alpha value is -1.77. The van der Waals surface area contributed by atoms with Gasteiger partial charge in [-0.1, -0.05) is 13.3 Å². The van der Waals surface area contributed by atoms with Crippen molar-refractivity contribution in [2.45, 2.75) is 45.1 Å². The Balaban J connectivity index is 1.88. The standard InChI is InChI=1S/C17H22N2O/c1-2-12-5-3-4-6-15(12)20-16-8-7-13-11-19-10-9-14(13)17(16)18/h7-12,15H,2-6,18H2,1H3. The Labute approximate surface area is 120 Å². The van der Waals surface area contributed by atoms with E-state index < -0.39 is 0 Å². The Morgan fingerprint density at radius 1 is 1.25 bits per heavy atom. The number of pyridine rings is 1. The average molecular weight is 270 g/mol. The molecule has 0 saturated heterocycles. The van der Waals surface area contributed by atoms with Crippen LogP contribution in [0.3, 0.4) is 0 Å². The summed E-state index contributed by atoms with van der Waals surface area (Å²) in [4.78, 5) is 4.13. The molecule has 0 radical (unpaired) electrons. The molecule has 1 aliphatic rings. The Bertz CT molecular complexity index is 597. The van der Waals surface area contributed by atoms with E-state index in [1.165, 1.54) is 25.7 Å². The number of benzene rings is 1. The van der Waals surface area contributed by atoms with Gasteiger partial charge in [0.2, 0.25) is 0 Å². The van der Waals surface area contributed by atoms with E-state index in [-0.39, 0.29) is 0 Å². The predicted octanol–water partition coefficient (Wildman–Crippen LogP) is 4.16. The van der Waals surface area contributed by atoms with Crippen molar-refractivity contribution in [1.82, 2.24) is 4.98 Å². The van der Waals surface area contributed by atoms with Crippen molar-refractivity contribution in [1.29, 1.82) is 0 Å². The highest BCUT2D eigenvalue weighted by atomic mass is 16.5. The van der Waals surface area contributed by atoms with Crippen LogP contribution in [0.2, 0.25) is 0 Å². The quantitative estimate of drug-likeness (QED) is 0.852. The van der Waals surface area contributed by atoms with Gasteiger partial charge in [-0.15, -0.1) is 0 Å². The number of aromatic nitrogens is 1. The van der Waals surface area contributed by atoms with Gasteiger partial charge in [-0.05, 0) is 49.8 Å². The van der Waals surface area contributed by atoms with Gasteiger partial charge in [-0.3, -0.25) is 4.98 Å². The zero-order valence-electron chi connectivity index (χ0n) is 12.0. The van der Waals surface area contributed by atoms with Crippen LogP contribution in [-0.4, -0.2) is 11.1 Å². The number of ether oxygens (including phenoxy) is 1. The van der Waals surface area contributed by atoms with Crippen molar-refractivity contribution in [2.75, 3.05) is 5.73 Å². The van der Waals surface area contributed by atoms with Gasteiger partial charge in [0.1, 0.15) is 11.9 Å². The number of hydrogen-bond donors (Lipinski definition) is 1. The lowest BCUT2D eigenvalue weighted by molar-refractivity contribution is 0.0912. The fourth-order valence-corrected chi connectivity index (χ4v) is 3.23. The maximum Gasteiger partial charge on any atom is 0.143 e. The molecule has 20 heavy (non-hydrogen) atoms. The molecule has 0 spiro atoms. The van der Waals surface area contributed by atoms with Crippen molar-refractivity contribution in [3.8, 4) is 5.75 Å². The van der Waals surface area contributed by atoms with Crippen molar-refractivity contribution < 1.29 is 4.74 Å². The predicted molar refractivity (Wildman–Crippen MR) is 82.8 cm³/mol. The molecule has 3 heteroatoms. The van der Waals surface area contributed by atoms with Crippen LogP contribution in [0.5, 0.6) is 5.75 Å². The second-order valence-electron chi connectivity index (χ2n) is 5.68. The van der Waals surface area contributed by atoms with Gasteiger partial charge in [0.15, 0.2) is 0 Å². The molecule has 1 fully saturated rings. The van der Waals surface area contributed by atoms with Crippen LogP contribution in [0.4, 0.5) is 5.69 Å². The largest absolute Gasteiger partial charge is 0.488 e. The zero-order valence-corrected chi connectivity index (χ0v) is 12.0. The lowest BCUT2D eigenvalue weighted by Gasteiger charge is -2.31. The normalized spacial score (nSPS) is 22.9. The minimum Gasteiger partial charge on any atom is -0.488 e. The molecule has 2 aromatic rings. The van der Waals surface area contributed by atoms with E-state index in [1.807, 2.05) is 24.4 Å². The molecule has 0 aliphatic heterocycles. The SMILES string of the molecule is CCC1CCCCC1Oc1ccc2cnccc2c1N. The maximum absolute atomic E-state index is 6.27. The minimum atomic E-state index is 0.315. The highest BCUT2D eigenvalue weighted by molar-refractivity contribution is 5.95. The summed E-state index contributed by atoms with van der Waals surface area (Å²) in [6.07, 6.45) is 10.1. The molecular weight excluding hydrogens is 248 g/mol. The van der Waals surface area contributed by atoms with Crippen LogP contribution in [0.25, 0.3) is 10.8 Å². The van der Waals surface area contributed by atoms with E-state index in [0.717, 1.165) is 28.6 Å². The molecule has 1 heterocycles. The first-order valence-corrected chi connectivity index (χ1v) is 7.58. The third-order valence-electron chi connectivity index (χ3n) is 4.46. The van der Waals surface area contributed by atoms with Crippen LogP contribution < -0.4 is 10.5 Å². The molecule has 1 aromatic carbocycles. The monoisotopic (exact) mass is 270 g/mol. The van der Waals surface area contributed by atoms with Gasteiger partial charge in [0.05, 0.1) is 5.69 Å². The molecule has 0 amide bonds. The zero-order chi connectivity index (χ0) is 13.9. The van der Waals surface area contributed by atoms with Crippen molar-refractivity contribution in [3.05, 3.63) is 30.6 Å². The van der Waals surface area contributed by atoms with Gasteiger partial charge < -0.3 is 10.5 Å². The molecule has 2 N–H and O–H groups in total. The Kier molecular flexibility index (Phi) is 3.77. The molecule has 3 rings (SSSR count). The number of nitrogens with zero attached hydrogens (tertiary/aromatic N) is 1. The van der Waals surface area contributed by atoms with Gasteiger partial charge in [-0.25, -0.2) is 0 Å². The van der Waals surface area contributed by atoms with Gasteiger partial charge in [0, 0.05) is 23.2 Å². The first-order valence-electron chi connectivity index (χ1n) is 7.58. The lowest BCUT2D eigenvalue weighted by Crippen LogP contribution is -2.30. The number of hydrogen-bond acceptors (Lipinski definition) is 3. The van der Waals surface area contributed by atoms with E-state index >= 15 is 0 Å². The number of nitrogen functional groups attached to an aromatic ring is 1. The van der Waals surface area contributed by atoms with Gasteiger partial charge >= 0.3 is 0 Å². The van der Waals surface area contributed by atoms with Crippen LogP contribution in [0.1, 0.15) is 39.0 Å². The number of anilines is 1. The van der Waals surface area contributed by atoms with E-state index in [0.29, 0.717) is 12.0 Å². The maximum atomic E-state index is 6.27. The van der Waals surface area contributed by atoms with Crippen LogP contribution in [-0.2, 0) is 0 Å². The number of nitrogens with two attached hydrogens (primary N) is 1. The van der Waals surface area contributed by atoms with Crippen LogP contribution in [0, 0.1) is 5.92 Å². The highest BCUT2D eigenvalue weighted by Gasteiger charge is 2.25. The van der Waals surface area contributed by atoms with E-state index in [4.69, 9.17) is 10.5 Å². The smallest absolute Gasteiger partial charge is 0.143 e. The summed E-state index contributed by atoms with van der Waals surface area (Å²) >= 11 is 0. The second kappa shape index (κ2) is 5.70. The molecule has 1 aliphatic carbocycles. The summed E-state index contributed by atoms with van der Waals surface area (Å²) in [6.45, 7) is 2.25. The highest BCUT2D eigenvalue weighted by Crippen LogP contribution is 2.35. The van der Waals surface area contributed by atoms with E-state index in [9.17, 15) is 0 Å². The topological polar surface area (TPSA) is 48.1 Å². The fourth-order valence-electron chi connectivity index (χ4n) is 3.23. The summed E-state index contributed by atoms with van der Waals surface area (Å²) in [7, 11) is 0. The van der Waals surface area contributed by atoms with Gasteiger partial charge in [0.25, 0.3) is 0 Å². The molecule has 2 unspecified atom stereocenters. The van der Waals surface area contributed by atoms with E-state index in [1.54, 1.807) is 6.20 Å². The molecule has 2 atom stereocenters. The molecule has 106 valence electrons. The number of rotatable bonds is 3. The third-order valence-corrected chi connectivity index (χ3v) is 4.46. The molecular formula is C17H22N2O. The van der Waals surface area contributed by atoms with Gasteiger partial charge in [-0.2, -0.15) is 0 Å². The van der Waals surface area contributed by atoms with Crippen molar-refractivity contribution in [2.24, 2.45) is 5.92 Å². The summed E-state index contributed by atoms with van der Waals surface area (Å²) in [6, 6.07) is 5.98. The summed E-state index contributed by atoms with van der Waals surface area (Å²) < 4.78 is 6.25. The number of fused-ring (bicyclic) bond motifs is 1. The Morgan fingerprint density at radius 3 is 2.95 bits per heavy atom.